The second kappa shape index (κ2) is 5.13. The van der Waals surface area contributed by atoms with Crippen molar-refractivity contribution in [3.05, 3.63) is 41.2 Å². The molecule has 90 valence electrons. The largest absolute Gasteiger partial charge is 0.494 e. The molecule has 0 unspecified atom stereocenters. The Balaban J connectivity index is 2.08. The van der Waals surface area contributed by atoms with E-state index in [0.29, 0.717) is 5.56 Å². The maximum absolute atomic E-state index is 13.4. The van der Waals surface area contributed by atoms with Crippen LogP contribution >= 0.6 is 0 Å². The van der Waals surface area contributed by atoms with E-state index in [2.05, 4.69) is 0 Å². The fraction of sp³-hybridized carbons (Fsp3) is 0.357. The van der Waals surface area contributed by atoms with E-state index in [1.807, 2.05) is 6.08 Å². The molecule has 0 fully saturated rings. The summed E-state index contributed by atoms with van der Waals surface area (Å²) in [4.78, 5) is 11.9. The molecule has 0 radical (unpaired) electrons. The molecule has 1 aromatic rings. The van der Waals surface area contributed by atoms with Gasteiger partial charge in [-0.3, -0.25) is 4.79 Å². The summed E-state index contributed by atoms with van der Waals surface area (Å²) < 4.78 is 18.3. The van der Waals surface area contributed by atoms with Crippen LogP contribution in [0.5, 0.6) is 5.75 Å². The highest BCUT2D eigenvalue weighted by atomic mass is 19.1. The van der Waals surface area contributed by atoms with E-state index in [-0.39, 0.29) is 18.0 Å². The highest BCUT2D eigenvalue weighted by molar-refractivity contribution is 5.97. The molecule has 1 aliphatic rings. The second-order valence-corrected chi connectivity index (χ2v) is 4.19. The highest BCUT2D eigenvalue weighted by Gasteiger charge is 2.14. The first-order valence-corrected chi connectivity index (χ1v) is 5.75. The Morgan fingerprint density at radius 1 is 1.47 bits per heavy atom. The number of ketones is 1. The molecule has 0 atom stereocenters. The molecule has 0 N–H and O–H groups in total. The number of hydrogen-bond acceptors (Lipinski definition) is 2. The number of halogens is 1. The molecule has 0 amide bonds. The Labute approximate surface area is 100 Å². The van der Waals surface area contributed by atoms with Crippen molar-refractivity contribution in [2.75, 3.05) is 7.11 Å². The Hall–Kier alpha value is -1.64. The Morgan fingerprint density at radius 3 is 2.88 bits per heavy atom. The van der Waals surface area contributed by atoms with Crippen LogP contribution in [0.1, 0.15) is 24.8 Å². The van der Waals surface area contributed by atoms with Crippen LogP contribution in [0, 0.1) is 5.82 Å². The summed E-state index contributed by atoms with van der Waals surface area (Å²) in [7, 11) is 1.42. The molecule has 0 saturated heterocycles. The first-order chi connectivity index (χ1) is 8.20. The predicted molar refractivity (Wildman–Crippen MR) is 63.6 cm³/mol. The standard InChI is InChI=1S/C14H15FO2/c1-17-14-7-6-10(8-12(14)15)9-13(16)11-4-2-3-5-11/h4,6-8H,2-3,5,9H2,1H3. The van der Waals surface area contributed by atoms with Gasteiger partial charge in [0.25, 0.3) is 0 Å². The van der Waals surface area contributed by atoms with Crippen molar-refractivity contribution >= 4 is 5.78 Å². The summed E-state index contributed by atoms with van der Waals surface area (Å²) >= 11 is 0. The van der Waals surface area contributed by atoms with Gasteiger partial charge in [-0.15, -0.1) is 0 Å². The van der Waals surface area contributed by atoms with E-state index < -0.39 is 5.82 Å². The number of ether oxygens (including phenoxy) is 1. The fourth-order valence-corrected chi connectivity index (χ4v) is 2.04. The van der Waals surface area contributed by atoms with E-state index in [0.717, 1.165) is 24.8 Å². The number of benzene rings is 1. The average molecular weight is 234 g/mol. The molecule has 0 aromatic heterocycles. The predicted octanol–water partition coefficient (Wildman–Crippen LogP) is 3.06. The van der Waals surface area contributed by atoms with Gasteiger partial charge in [-0.25, -0.2) is 4.39 Å². The van der Waals surface area contributed by atoms with Gasteiger partial charge in [-0.05, 0) is 42.5 Å². The van der Waals surface area contributed by atoms with Gasteiger partial charge in [0.15, 0.2) is 17.3 Å². The molecule has 3 heteroatoms. The first kappa shape index (κ1) is 11.8. The number of rotatable bonds is 4. The maximum Gasteiger partial charge on any atom is 0.165 e. The normalized spacial score (nSPS) is 14.6. The molecule has 1 aliphatic carbocycles. The van der Waals surface area contributed by atoms with Crippen LogP contribution < -0.4 is 4.74 Å². The number of carbonyl (C=O) groups excluding carboxylic acids is 1. The summed E-state index contributed by atoms with van der Waals surface area (Å²) in [6.45, 7) is 0. The lowest BCUT2D eigenvalue weighted by Gasteiger charge is -2.05. The molecular formula is C14H15FO2. The van der Waals surface area contributed by atoms with Gasteiger partial charge < -0.3 is 4.74 Å². The summed E-state index contributed by atoms with van der Waals surface area (Å²) in [5, 5.41) is 0. The van der Waals surface area contributed by atoms with E-state index in [4.69, 9.17) is 4.74 Å². The number of carbonyl (C=O) groups is 1. The Kier molecular flexibility index (Phi) is 3.57. The van der Waals surface area contributed by atoms with Crippen molar-refractivity contribution in [1.29, 1.82) is 0 Å². The third-order valence-corrected chi connectivity index (χ3v) is 2.98. The lowest BCUT2D eigenvalue weighted by Crippen LogP contribution is -2.05. The summed E-state index contributed by atoms with van der Waals surface area (Å²) in [5.41, 5.74) is 1.59. The quantitative estimate of drug-likeness (QED) is 0.800. The van der Waals surface area contributed by atoms with Gasteiger partial charge in [0.05, 0.1) is 7.11 Å². The molecular weight excluding hydrogens is 219 g/mol. The highest BCUT2D eigenvalue weighted by Crippen LogP contribution is 2.22. The summed E-state index contributed by atoms with van der Waals surface area (Å²) in [5.74, 6) is -0.105. The van der Waals surface area contributed by atoms with Crippen LogP contribution in [0.3, 0.4) is 0 Å². The number of allylic oxidation sites excluding steroid dienone is 2. The molecule has 0 aliphatic heterocycles. The van der Waals surface area contributed by atoms with Gasteiger partial charge >= 0.3 is 0 Å². The van der Waals surface area contributed by atoms with Crippen molar-refractivity contribution in [2.45, 2.75) is 25.7 Å². The molecule has 0 bridgehead atoms. The van der Waals surface area contributed by atoms with Crippen molar-refractivity contribution in [3.8, 4) is 5.75 Å². The zero-order valence-corrected chi connectivity index (χ0v) is 9.83. The third-order valence-electron chi connectivity index (χ3n) is 2.98. The van der Waals surface area contributed by atoms with Gasteiger partial charge in [0.1, 0.15) is 0 Å². The first-order valence-electron chi connectivity index (χ1n) is 5.75. The van der Waals surface area contributed by atoms with E-state index in [9.17, 15) is 9.18 Å². The fourth-order valence-electron chi connectivity index (χ4n) is 2.04. The molecule has 1 aromatic carbocycles. The van der Waals surface area contributed by atoms with Crippen LogP contribution in [0.25, 0.3) is 0 Å². The molecule has 0 heterocycles. The van der Waals surface area contributed by atoms with Crippen LogP contribution in [0.4, 0.5) is 4.39 Å². The zero-order chi connectivity index (χ0) is 12.3. The van der Waals surface area contributed by atoms with E-state index in [1.165, 1.54) is 13.2 Å². The smallest absolute Gasteiger partial charge is 0.165 e. The van der Waals surface area contributed by atoms with Gasteiger partial charge in [-0.2, -0.15) is 0 Å². The van der Waals surface area contributed by atoms with Crippen molar-refractivity contribution in [2.24, 2.45) is 0 Å². The lowest BCUT2D eigenvalue weighted by atomic mass is 10.0. The van der Waals surface area contributed by atoms with Gasteiger partial charge in [0, 0.05) is 6.42 Å². The maximum atomic E-state index is 13.4. The Morgan fingerprint density at radius 2 is 2.29 bits per heavy atom. The minimum Gasteiger partial charge on any atom is -0.494 e. The minimum atomic E-state index is -0.418. The number of methoxy groups -OCH3 is 1. The lowest BCUT2D eigenvalue weighted by molar-refractivity contribution is -0.115. The Bertz CT molecular complexity index is 463. The van der Waals surface area contributed by atoms with Crippen LogP contribution in [-0.4, -0.2) is 12.9 Å². The summed E-state index contributed by atoms with van der Waals surface area (Å²) in [6.07, 6.45) is 5.16. The van der Waals surface area contributed by atoms with Crippen molar-refractivity contribution in [1.82, 2.24) is 0 Å². The number of Topliss-reactive ketones (excluding diaryl/α,β-unsaturated/α-hetero) is 1. The van der Waals surface area contributed by atoms with Crippen LogP contribution in [0.15, 0.2) is 29.8 Å². The van der Waals surface area contributed by atoms with Crippen molar-refractivity contribution in [3.63, 3.8) is 0 Å². The van der Waals surface area contributed by atoms with Crippen LogP contribution in [-0.2, 0) is 11.2 Å². The third kappa shape index (κ3) is 2.73. The SMILES string of the molecule is COc1ccc(CC(=O)C2=CCCC2)cc1F. The number of hydrogen-bond donors (Lipinski definition) is 0. The van der Waals surface area contributed by atoms with E-state index in [1.54, 1.807) is 12.1 Å². The molecule has 0 saturated carbocycles. The second-order valence-electron chi connectivity index (χ2n) is 4.19. The minimum absolute atomic E-state index is 0.104. The van der Waals surface area contributed by atoms with Crippen LogP contribution in [0.2, 0.25) is 0 Å². The molecule has 2 nitrogen and oxygen atoms in total. The van der Waals surface area contributed by atoms with Crippen molar-refractivity contribution < 1.29 is 13.9 Å². The molecule has 0 spiro atoms. The van der Waals surface area contributed by atoms with Gasteiger partial charge in [0.2, 0.25) is 0 Å². The topological polar surface area (TPSA) is 26.3 Å². The monoisotopic (exact) mass is 234 g/mol. The average Bonchev–Trinajstić information content (AvgIpc) is 2.82. The van der Waals surface area contributed by atoms with Gasteiger partial charge in [-0.1, -0.05) is 12.1 Å². The molecule has 17 heavy (non-hydrogen) atoms. The zero-order valence-electron chi connectivity index (χ0n) is 9.83. The molecule has 2 rings (SSSR count). The summed E-state index contributed by atoms with van der Waals surface area (Å²) in [6, 6.07) is 4.66. The van der Waals surface area contributed by atoms with E-state index >= 15 is 0 Å².